The molecule has 0 aliphatic carbocycles. The molecule has 30 heavy (non-hydrogen) atoms. The minimum absolute atomic E-state index is 0.00524. The highest BCUT2D eigenvalue weighted by atomic mass is 19.1. The molecule has 4 aromatic rings. The zero-order valence-electron chi connectivity index (χ0n) is 16.3. The Morgan fingerprint density at radius 2 is 2.13 bits per heavy atom. The summed E-state index contributed by atoms with van der Waals surface area (Å²) in [6.07, 6.45) is 5.43. The molecule has 1 aliphatic rings. The highest BCUT2D eigenvalue weighted by Gasteiger charge is 2.28. The van der Waals surface area contributed by atoms with Crippen molar-refractivity contribution in [3.63, 3.8) is 0 Å². The maximum absolute atomic E-state index is 13.9. The van der Waals surface area contributed by atoms with E-state index >= 15 is 0 Å². The Hall–Kier alpha value is -3.48. The minimum atomic E-state index is -0.251. The molecule has 1 N–H and O–H groups in total. The first-order valence-electron chi connectivity index (χ1n) is 10.1. The van der Waals surface area contributed by atoms with E-state index < -0.39 is 0 Å². The molecule has 6 nitrogen and oxygen atoms in total. The van der Waals surface area contributed by atoms with Gasteiger partial charge in [0.05, 0.1) is 29.5 Å². The number of amides is 1. The van der Waals surface area contributed by atoms with Crippen LogP contribution in [0.15, 0.2) is 59.4 Å². The van der Waals surface area contributed by atoms with Gasteiger partial charge in [-0.15, -0.1) is 0 Å². The SMILES string of the molecule is O=C(c1ccc2nc[nH]c2c1)N1CCC[C@H](c2ncc(Cc3ccccc3F)o2)C1. The van der Waals surface area contributed by atoms with E-state index in [0.717, 1.165) is 23.9 Å². The number of piperidine rings is 1. The van der Waals surface area contributed by atoms with E-state index in [9.17, 15) is 9.18 Å². The summed E-state index contributed by atoms with van der Waals surface area (Å²) in [5.41, 5.74) is 2.90. The van der Waals surface area contributed by atoms with Crippen molar-refractivity contribution in [3.8, 4) is 0 Å². The van der Waals surface area contributed by atoms with E-state index in [1.807, 2.05) is 23.1 Å². The van der Waals surface area contributed by atoms with Crippen molar-refractivity contribution in [1.82, 2.24) is 19.9 Å². The number of fused-ring (bicyclic) bond motifs is 1. The van der Waals surface area contributed by atoms with Gasteiger partial charge < -0.3 is 14.3 Å². The second-order valence-electron chi connectivity index (χ2n) is 7.66. The van der Waals surface area contributed by atoms with Gasteiger partial charge in [-0.25, -0.2) is 14.4 Å². The number of imidazole rings is 1. The van der Waals surface area contributed by atoms with Crippen LogP contribution in [0.1, 0.15) is 46.3 Å². The lowest BCUT2D eigenvalue weighted by Crippen LogP contribution is -2.39. The Kier molecular flexibility index (Phi) is 4.78. The molecule has 2 aromatic carbocycles. The molecular formula is C23H21FN4O2. The molecule has 3 heterocycles. The first-order valence-corrected chi connectivity index (χ1v) is 10.1. The zero-order valence-corrected chi connectivity index (χ0v) is 16.3. The summed E-state index contributed by atoms with van der Waals surface area (Å²) >= 11 is 0. The van der Waals surface area contributed by atoms with E-state index in [1.165, 1.54) is 6.07 Å². The van der Waals surface area contributed by atoms with E-state index in [-0.39, 0.29) is 17.6 Å². The molecular weight excluding hydrogens is 383 g/mol. The van der Waals surface area contributed by atoms with Gasteiger partial charge in [-0.3, -0.25) is 4.79 Å². The predicted molar refractivity (Wildman–Crippen MR) is 110 cm³/mol. The van der Waals surface area contributed by atoms with Crippen molar-refractivity contribution >= 4 is 16.9 Å². The summed E-state index contributed by atoms with van der Waals surface area (Å²) in [5.74, 6) is 1.02. The number of aromatic nitrogens is 3. The third-order valence-electron chi connectivity index (χ3n) is 5.62. The summed E-state index contributed by atoms with van der Waals surface area (Å²) < 4.78 is 19.8. The van der Waals surface area contributed by atoms with Crippen LogP contribution in [0.25, 0.3) is 11.0 Å². The number of hydrogen-bond donors (Lipinski definition) is 1. The van der Waals surface area contributed by atoms with Crippen molar-refractivity contribution in [2.75, 3.05) is 13.1 Å². The first-order chi connectivity index (χ1) is 14.7. The maximum Gasteiger partial charge on any atom is 0.253 e. The lowest BCUT2D eigenvalue weighted by Gasteiger charge is -2.31. The minimum Gasteiger partial charge on any atom is -0.445 e. The molecule has 0 unspecified atom stereocenters. The lowest BCUT2D eigenvalue weighted by molar-refractivity contribution is 0.0698. The topological polar surface area (TPSA) is 75.0 Å². The van der Waals surface area contributed by atoms with Gasteiger partial charge in [-0.05, 0) is 42.7 Å². The number of oxazole rings is 1. The molecule has 152 valence electrons. The van der Waals surface area contributed by atoms with Crippen LogP contribution in [-0.2, 0) is 6.42 Å². The van der Waals surface area contributed by atoms with Crippen LogP contribution in [0.3, 0.4) is 0 Å². The summed E-state index contributed by atoms with van der Waals surface area (Å²) in [7, 11) is 0. The van der Waals surface area contributed by atoms with E-state index in [0.29, 0.717) is 42.3 Å². The second-order valence-corrected chi connectivity index (χ2v) is 7.66. The lowest BCUT2D eigenvalue weighted by atomic mass is 9.97. The number of aromatic amines is 1. The Labute approximate surface area is 172 Å². The fourth-order valence-corrected chi connectivity index (χ4v) is 4.04. The van der Waals surface area contributed by atoms with Crippen molar-refractivity contribution in [2.24, 2.45) is 0 Å². The number of halogens is 1. The van der Waals surface area contributed by atoms with E-state index in [2.05, 4.69) is 15.0 Å². The number of nitrogens with one attached hydrogen (secondary N) is 1. The van der Waals surface area contributed by atoms with Gasteiger partial charge in [0, 0.05) is 25.1 Å². The van der Waals surface area contributed by atoms with Crippen molar-refractivity contribution in [1.29, 1.82) is 0 Å². The Balaban J connectivity index is 1.30. The van der Waals surface area contributed by atoms with Crippen molar-refractivity contribution in [3.05, 3.63) is 83.6 Å². The van der Waals surface area contributed by atoms with Crippen LogP contribution in [0, 0.1) is 5.82 Å². The largest absolute Gasteiger partial charge is 0.445 e. The van der Waals surface area contributed by atoms with E-state index in [1.54, 1.807) is 30.7 Å². The number of carbonyl (C=O) groups is 1. The predicted octanol–water partition coefficient (Wildman–Crippen LogP) is 4.30. The highest BCUT2D eigenvalue weighted by molar-refractivity contribution is 5.97. The molecule has 0 spiro atoms. The molecule has 0 bridgehead atoms. The molecule has 1 fully saturated rings. The molecule has 1 atom stereocenters. The van der Waals surface area contributed by atoms with Crippen LogP contribution >= 0.6 is 0 Å². The fraction of sp³-hybridized carbons (Fsp3) is 0.261. The molecule has 5 rings (SSSR count). The average molecular weight is 404 g/mol. The van der Waals surface area contributed by atoms with Crippen LogP contribution < -0.4 is 0 Å². The van der Waals surface area contributed by atoms with Crippen LogP contribution in [0.5, 0.6) is 0 Å². The summed E-state index contributed by atoms with van der Waals surface area (Å²) in [6.45, 7) is 1.26. The van der Waals surface area contributed by atoms with Crippen LogP contribution in [0.2, 0.25) is 0 Å². The van der Waals surface area contributed by atoms with Gasteiger partial charge >= 0.3 is 0 Å². The van der Waals surface area contributed by atoms with Gasteiger partial charge in [-0.1, -0.05) is 18.2 Å². The monoisotopic (exact) mass is 404 g/mol. The first kappa shape index (κ1) is 18.5. The number of carbonyl (C=O) groups excluding carboxylic acids is 1. The molecule has 1 amide bonds. The quantitative estimate of drug-likeness (QED) is 0.550. The maximum atomic E-state index is 13.9. The number of benzene rings is 2. The van der Waals surface area contributed by atoms with Crippen molar-refractivity contribution in [2.45, 2.75) is 25.2 Å². The molecule has 0 saturated carbocycles. The standard InChI is InChI=1S/C23H21FN4O2/c24-19-6-2-1-4-15(19)10-18-12-25-22(30-18)17-5-3-9-28(13-17)23(29)16-7-8-20-21(11-16)27-14-26-20/h1-2,4,6-8,11-12,14,17H,3,5,9-10,13H2,(H,26,27)/t17-/m0/s1. The van der Waals surface area contributed by atoms with Gasteiger partial charge in [0.15, 0.2) is 5.89 Å². The number of hydrogen-bond acceptors (Lipinski definition) is 4. The van der Waals surface area contributed by atoms with Gasteiger partial charge in [-0.2, -0.15) is 0 Å². The molecule has 0 radical (unpaired) electrons. The summed E-state index contributed by atoms with van der Waals surface area (Å²) in [5, 5.41) is 0. The molecule has 2 aromatic heterocycles. The number of H-pyrrole nitrogens is 1. The number of rotatable bonds is 4. The van der Waals surface area contributed by atoms with Gasteiger partial charge in [0.1, 0.15) is 11.6 Å². The smallest absolute Gasteiger partial charge is 0.253 e. The van der Waals surface area contributed by atoms with Crippen molar-refractivity contribution < 1.29 is 13.6 Å². The number of likely N-dealkylation sites (tertiary alicyclic amines) is 1. The molecule has 1 aliphatic heterocycles. The fourth-order valence-electron chi connectivity index (χ4n) is 4.04. The summed E-state index contributed by atoms with van der Waals surface area (Å²) in [4.78, 5) is 26.5. The second kappa shape index (κ2) is 7.74. The Morgan fingerprint density at radius 1 is 1.23 bits per heavy atom. The Bertz CT molecular complexity index is 1200. The van der Waals surface area contributed by atoms with Gasteiger partial charge in [0.25, 0.3) is 5.91 Å². The normalized spacial score (nSPS) is 16.8. The molecule has 7 heteroatoms. The van der Waals surface area contributed by atoms with E-state index in [4.69, 9.17) is 4.42 Å². The molecule has 1 saturated heterocycles. The van der Waals surface area contributed by atoms with Crippen LogP contribution in [0.4, 0.5) is 4.39 Å². The summed E-state index contributed by atoms with van der Waals surface area (Å²) in [6, 6.07) is 12.2. The zero-order chi connectivity index (χ0) is 20.5. The highest BCUT2D eigenvalue weighted by Crippen LogP contribution is 2.28. The van der Waals surface area contributed by atoms with Crippen LogP contribution in [-0.4, -0.2) is 38.8 Å². The third-order valence-corrected chi connectivity index (χ3v) is 5.62. The number of nitrogens with zero attached hydrogens (tertiary/aromatic N) is 3. The van der Waals surface area contributed by atoms with Gasteiger partial charge in [0.2, 0.25) is 0 Å². The average Bonchev–Trinajstić information content (AvgIpc) is 3.44. The Morgan fingerprint density at radius 3 is 3.03 bits per heavy atom. The third kappa shape index (κ3) is 3.58.